The topological polar surface area (TPSA) is 98.6 Å². The number of carbonyl (C=O) groups excluding carboxylic acids is 2. The highest BCUT2D eigenvalue weighted by molar-refractivity contribution is 7.18. The van der Waals surface area contributed by atoms with Crippen molar-refractivity contribution < 1.29 is 27.8 Å². The molecule has 2 aliphatic rings. The number of amides is 2. The van der Waals surface area contributed by atoms with Crippen molar-refractivity contribution in [3.8, 4) is 39.5 Å². The monoisotopic (exact) mass is 655 g/mol. The third-order valence-electron chi connectivity index (χ3n) is 8.54. The van der Waals surface area contributed by atoms with E-state index >= 15 is 4.39 Å². The smallest absolute Gasteiger partial charge is 0.251 e. The van der Waals surface area contributed by atoms with Crippen LogP contribution in [0, 0.1) is 11.6 Å². The Kier molecular flexibility index (Phi) is 8.29. The standard InChI is InChI=1S/C35H31F2N5O4S/c1-3-29(43)41-10-7-23-19-27(40-42(23)12-11-41)33-31(30-26(37)17-22(36)18-28(30)46-14-13-45-2)34-25(8-15-47-34)32(39-33)21-4-5-24-20(16-21)6-9-38-35(24)44/h3-5,8,15-19H,1,6-7,9-14H2,2H3,(H,38,44). The molecular weight excluding hydrogens is 624 g/mol. The van der Waals surface area contributed by atoms with E-state index in [1.165, 1.54) is 30.6 Å². The van der Waals surface area contributed by atoms with Crippen LogP contribution in [0.2, 0.25) is 0 Å². The summed E-state index contributed by atoms with van der Waals surface area (Å²) in [6.07, 6.45) is 2.55. The fourth-order valence-corrected chi connectivity index (χ4v) is 7.22. The number of nitrogens with zero attached hydrogens (tertiary/aromatic N) is 4. The first kappa shape index (κ1) is 30.7. The molecule has 0 spiro atoms. The quantitative estimate of drug-likeness (QED) is 0.171. The first-order valence-corrected chi connectivity index (χ1v) is 16.2. The Hall–Kier alpha value is -4.94. The number of hydrogen-bond acceptors (Lipinski definition) is 7. The van der Waals surface area contributed by atoms with E-state index in [1.807, 2.05) is 40.4 Å². The van der Waals surface area contributed by atoms with Gasteiger partial charge in [-0.25, -0.2) is 13.8 Å². The molecule has 240 valence electrons. The van der Waals surface area contributed by atoms with Gasteiger partial charge in [0.1, 0.15) is 35.4 Å². The van der Waals surface area contributed by atoms with E-state index in [-0.39, 0.29) is 36.3 Å². The van der Waals surface area contributed by atoms with Gasteiger partial charge in [0.25, 0.3) is 5.91 Å². The number of pyridine rings is 1. The summed E-state index contributed by atoms with van der Waals surface area (Å²) in [5.74, 6) is -1.77. The normalized spacial score (nSPS) is 14.4. The number of hydrogen-bond donors (Lipinski definition) is 1. The van der Waals surface area contributed by atoms with Crippen molar-refractivity contribution in [2.24, 2.45) is 0 Å². The molecule has 7 rings (SSSR count). The van der Waals surface area contributed by atoms with Crippen LogP contribution in [0.25, 0.3) is 43.9 Å². The van der Waals surface area contributed by atoms with Crippen LogP contribution in [0.1, 0.15) is 21.6 Å². The molecule has 0 saturated carbocycles. The SMILES string of the molecule is C=CC(=O)N1CCc2cc(-c3nc(-c4ccc5c(c4)CCNC5=O)c4ccsc4c3-c3c(F)cc(F)cc3OCCOC)nn2CC1. The number of rotatable bonds is 8. The summed E-state index contributed by atoms with van der Waals surface area (Å²) in [5.41, 5.74) is 5.37. The second-order valence-electron chi connectivity index (χ2n) is 11.4. The maximum atomic E-state index is 16.0. The number of halogens is 2. The molecule has 5 heterocycles. The van der Waals surface area contributed by atoms with Gasteiger partial charge in [0.2, 0.25) is 5.91 Å². The zero-order valence-electron chi connectivity index (χ0n) is 25.6. The molecule has 9 nitrogen and oxygen atoms in total. The van der Waals surface area contributed by atoms with Gasteiger partial charge in [-0.15, -0.1) is 11.3 Å². The molecule has 2 aliphatic heterocycles. The van der Waals surface area contributed by atoms with Crippen molar-refractivity contribution in [1.82, 2.24) is 25.0 Å². The highest BCUT2D eigenvalue weighted by atomic mass is 32.1. The number of thiophene rings is 1. The third-order valence-corrected chi connectivity index (χ3v) is 9.47. The number of nitrogens with one attached hydrogen (secondary N) is 1. The highest BCUT2D eigenvalue weighted by Gasteiger charge is 2.28. The lowest BCUT2D eigenvalue weighted by molar-refractivity contribution is -0.126. The lowest BCUT2D eigenvalue weighted by Gasteiger charge is -2.19. The van der Waals surface area contributed by atoms with Gasteiger partial charge in [0.15, 0.2) is 0 Å². The van der Waals surface area contributed by atoms with Crippen LogP contribution >= 0.6 is 11.3 Å². The van der Waals surface area contributed by atoms with Crippen LogP contribution in [0.5, 0.6) is 5.75 Å². The van der Waals surface area contributed by atoms with Crippen LogP contribution in [0.15, 0.2) is 60.5 Å². The second kappa shape index (κ2) is 12.7. The van der Waals surface area contributed by atoms with Gasteiger partial charge in [0, 0.05) is 77.8 Å². The average molecular weight is 656 g/mol. The molecule has 5 aromatic rings. The summed E-state index contributed by atoms with van der Waals surface area (Å²) in [6, 6.07) is 11.5. The fourth-order valence-electron chi connectivity index (χ4n) is 6.27. The molecule has 1 N–H and O–H groups in total. The van der Waals surface area contributed by atoms with Crippen molar-refractivity contribution in [3.05, 3.63) is 89.0 Å². The maximum Gasteiger partial charge on any atom is 0.251 e. The lowest BCUT2D eigenvalue weighted by Crippen LogP contribution is -2.32. The Morgan fingerprint density at radius 1 is 1.06 bits per heavy atom. The summed E-state index contributed by atoms with van der Waals surface area (Å²) in [6.45, 7) is 5.89. The minimum Gasteiger partial charge on any atom is -0.490 e. The van der Waals surface area contributed by atoms with Gasteiger partial charge in [-0.3, -0.25) is 14.3 Å². The summed E-state index contributed by atoms with van der Waals surface area (Å²) >= 11 is 1.42. The number of methoxy groups -OCH3 is 1. The van der Waals surface area contributed by atoms with E-state index in [4.69, 9.17) is 19.6 Å². The third kappa shape index (κ3) is 5.68. The highest BCUT2D eigenvalue weighted by Crippen LogP contribution is 2.47. The zero-order chi connectivity index (χ0) is 32.7. The van der Waals surface area contributed by atoms with Crippen LogP contribution in [-0.2, 0) is 28.9 Å². The Labute approximate surface area is 273 Å². The Morgan fingerprint density at radius 2 is 1.94 bits per heavy atom. The van der Waals surface area contributed by atoms with Crippen LogP contribution in [0.3, 0.4) is 0 Å². The number of benzene rings is 2. The molecule has 0 atom stereocenters. The number of fused-ring (bicyclic) bond motifs is 3. The second-order valence-corrected chi connectivity index (χ2v) is 12.3. The molecule has 0 unspecified atom stereocenters. The predicted octanol–water partition coefficient (Wildman–Crippen LogP) is 5.65. The van der Waals surface area contributed by atoms with E-state index in [0.717, 1.165) is 33.0 Å². The van der Waals surface area contributed by atoms with Crippen LogP contribution < -0.4 is 10.1 Å². The molecule has 3 aromatic heterocycles. The summed E-state index contributed by atoms with van der Waals surface area (Å²) in [7, 11) is 1.52. The van der Waals surface area contributed by atoms with E-state index in [2.05, 4.69) is 11.9 Å². The average Bonchev–Trinajstić information content (AvgIpc) is 3.67. The molecule has 2 aromatic carbocycles. The minimum absolute atomic E-state index is 0.0317. The first-order chi connectivity index (χ1) is 22.9. The molecule has 2 amide bonds. The Balaban J connectivity index is 1.45. The van der Waals surface area contributed by atoms with Gasteiger partial charge < -0.3 is 19.7 Å². The predicted molar refractivity (Wildman–Crippen MR) is 176 cm³/mol. The Morgan fingerprint density at radius 3 is 2.77 bits per heavy atom. The van der Waals surface area contributed by atoms with Crippen LogP contribution in [0.4, 0.5) is 8.78 Å². The Bertz CT molecular complexity index is 2030. The van der Waals surface area contributed by atoms with Gasteiger partial charge in [-0.2, -0.15) is 5.10 Å². The molecule has 47 heavy (non-hydrogen) atoms. The molecule has 0 fully saturated rings. The first-order valence-electron chi connectivity index (χ1n) is 15.3. The molecule has 0 saturated heterocycles. The summed E-state index contributed by atoms with van der Waals surface area (Å²) < 4.78 is 44.3. The van der Waals surface area contributed by atoms with Crippen molar-refractivity contribution in [2.75, 3.05) is 40.0 Å². The van der Waals surface area contributed by atoms with Gasteiger partial charge in [-0.05, 0) is 47.7 Å². The van der Waals surface area contributed by atoms with Crippen LogP contribution in [-0.4, -0.2) is 71.4 Å². The van der Waals surface area contributed by atoms with Crippen molar-refractivity contribution in [1.29, 1.82) is 0 Å². The summed E-state index contributed by atoms with van der Waals surface area (Å²) in [5, 5.41) is 10.5. The van der Waals surface area contributed by atoms with Crippen molar-refractivity contribution in [2.45, 2.75) is 19.4 Å². The van der Waals surface area contributed by atoms with E-state index < -0.39 is 11.6 Å². The van der Waals surface area contributed by atoms with Gasteiger partial charge >= 0.3 is 0 Å². The molecule has 0 radical (unpaired) electrons. The minimum atomic E-state index is -0.790. The van der Waals surface area contributed by atoms with E-state index in [0.29, 0.717) is 67.2 Å². The maximum absolute atomic E-state index is 16.0. The molecular formula is C35H31F2N5O4S. The molecule has 0 bridgehead atoms. The van der Waals surface area contributed by atoms with Crippen molar-refractivity contribution >= 4 is 33.2 Å². The number of ether oxygens (including phenoxy) is 2. The number of aromatic nitrogens is 3. The van der Waals surface area contributed by atoms with E-state index in [1.54, 1.807) is 4.90 Å². The molecule has 0 aliphatic carbocycles. The summed E-state index contributed by atoms with van der Waals surface area (Å²) in [4.78, 5) is 31.7. The van der Waals surface area contributed by atoms with Gasteiger partial charge in [-0.1, -0.05) is 12.6 Å². The zero-order valence-corrected chi connectivity index (χ0v) is 26.5. The molecule has 12 heteroatoms. The fraction of sp³-hybridized carbons (Fsp3) is 0.257. The van der Waals surface area contributed by atoms with E-state index in [9.17, 15) is 14.0 Å². The largest absolute Gasteiger partial charge is 0.490 e. The van der Waals surface area contributed by atoms with Crippen molar-refractivity contribution in [3.63, 3.8) is 0 Å². The number of carbonyl (C=O) groups is 2. The van der Waals surface area contributed by atoms with Gasteiger partial charge in [0.05, 0.1) is 24.4 Å². The lowest BCUT2D eigenvalue weighted by atomic mass is 9.93.